The van der Waals surface area contributed by atoms with Crippen LogP contribution in [0.4, 0.5) is 0 Å². The molecule has 0 bridgehead atoms. The molecule has 0 radical (unpaired) electrons. The number of nitrogens with two attached hydrogens (primary N) is 1. The van der Waals surface area contributed by atoms with Gasteiger partial charge in [0, 0.05) is 92.7 Å². The van der Waals surface area contributed by atoms with Gasteiger partial charge < -0.3 is 56.0 Å². The first kappa shape index (κ1) is 115. The van der Waals surface area contributed by atoms with Crippen LogP contribution in [-0.4, -0.2) is 282 Å². The third-order valence-electron chi connectivity index (χ3n) is 27.8. The van der Waals surface area contributed by atoms with Crippen molar-refractivity contribution in [2.75, 3.05) is 99.9 Å². The Morgan fingerprint density at radius 2 is 0.821 bits per heavy atom. The number of rotatable bonds is 19. The molecule has 134 heavy (non-hydrogen) atoms. The number of imide groups is 1. The molecule has 4 amide bonds. The molecule has 7 heterocycles. The molecule has 4 unspecified atom stereocenters. The Hall–Kier alpha value is -6.41. The maximum atomic E-state index is 12.8. The van der Waals surface area contributed by atoms with E-state index in [1.807, 2.05) is 49.0 Å². The van der Waals surface area contributed by atoms with Crippen LogP contribution in [0, 0.1) is 24.5 Å². The molecular formula is C101H157Cl4N11O16S2. The van der Waals surface area contributed by atoms with Gasteiger partial charge in [0.05, 0.1) is 71.4 Å². The van der Waals surface area contributed by atoms with E-state index in [0.29, 0.717) is 82.5 Å². The zero-order chi connectivity index (χ0) is 97.8. The molecule has 6 aliphatic carbocycles. The van der Waals surface area contributed by atoms with E-state index < -0.39 is 33.9 Å². The van der Waals surface area contributed by atoms with Crippen LogP contribution in [0.15, 0.2) is 72.8 Å². The number of hydrogen-bond acceptors (Lipinski definition) is 24. The highest BCUT2D eigenvalue weighted by Gasteiger charge is 2.42. The second kappa shape index (κ2) is 61.9. The molecule has 4 aromatic carbocycles. The largest absolute Gasteiger partial charge is 0.506 e. The highest BCUT2D eigenvalue weighted by molar-refractivity contribution is 7.86. The van der Waals surface area contributed by atoms with Crippen molar-refractivity contribution in [2.45, 2.75) is 344 Å². The summed E-state index contributed by atoms with van der Waals surface area (Å²) < 4.78 is 44.0. The van der Waals surface area contributed by atoms with Gasteiger partial charge >= 0.3 is 11.9 Å². The number of likely N-dealkylation sites (tertiary alicyclic amines) is 5. The number of carbonyl (C=O) groups excluding carboxylic acids is 5. The number of carbonyl (C=O) groups is 6. The monoisotopic (exact) mass is 1990 g/mol. The second-order valence-electron chi connectivity index (χ2n) is 37.0. The molecule has 0 spiro atoms. The molecule has 12 atom stereocenters. The van der Waals surface area contributed by atoms with Crippen molar-refractivity contribution in [3.8, 4) is 30.1 Å². The zero-order valence-corrected chi connectivity index (χ0v) is 84.2. The van der Waals surface area contributed by atoms with Gasteiger partial charge in [-0.15, -0.1) is 17.9 Å². The van der Waals surface area contributed by atoms with E-state index in [-0.39, 0.29) is 84.4 Å². The van der Waals surface area contributed by atoms with Crippen LogP contribution in [0.25, 0.3) is 0 Å². The van der Waals surface area contributed by atoms with Gasteiger partial charge in [-0.1, -0.05) is 161 Å². The van der Waals surface area contributed by atoms with Crippen molar-refractivity contribution in [3.63, 3.8) is 0 Å². The number of nitrogens with one attached hydrogen (secondary N) is 2. The Kier molecular flexibility index (Phi) is 52.9. The number of aliphatic hydroxyl groups is 1. The van der Waals surface area contributed by atoms with E-state index in [0.717, 1.165) is 91.7 Å². The number of ether oxygens (including phenoxy) is 1. The fraction of sp³-hybridized carbons (Fsp3) is 0.683. The number of phenols is 3. The highest BCUT2D eigenvalue weighted by atomic mass is 35.5. The average molecular weight is 1990 g/mol. The number of halogens is 4. The van der Waals surface area contributed by atoms with Crippen molar-refractivity contribution in [1.29, 1.82) is 4.78 Å². The van der Waals surface area contributed by atoms with E-state index in [2.05, 4.69) is 61.4 Å². The van der Waals surface area contributed by atoms with Crippen molar-refractivity contribution < 1.29 is 77.8 Å². The lowest BCUT2D eigenvalue weighted by Gasteiger charge is -2.42. The zero-order valence-electron chi connectivity index (χ0n) is 80.5. The molecule has 13 aliphatic rings. The van der Waals surface area contributed by atoms with E-state index in [4.69, 9.17) is 76.5 Å². The van der Waals surface area contributed by atoms with E-state index in [1.54, 1.807) is 18.2 Å². The number of phenolic OH excluding ortho intramolecular Hbond substituents is 3. The lowest BCUT2D eigenvalue weighted by atomic mass is 9.88. The number of carboxylic acids is 1. The van der Waals surface area contributed by atoms with Gasteiger partial charge in [-0.3, -0.25) is 52.7 Å². The molecule has 6 saturated carbocycles. The number of aliphatic hydroxyl groups excluding tert-OH is 1. The lowest BCUT2D eigenvalue weighted by molar-refractivity contribution is -0.197. The Balaban J connectivity index is 0.000000239. The molecule has 17 rings (SSSR count). The number of amides is 4. The van der Waals surface area contributed by atoms with Gasteiger partial charge in [-0.05, 0) is 298 Å². The Bertz CT molecular complexity index is 4260. The molecule has 4 aromatic rings. The van der Waals surface area contributed by atoms with Gasteiger partial charge in [0.2, 0.25) is 11.8 Å². The number of aromatic hydroxyl groups is 3. The van der Waals surface area contributed by atoms with Gasteiger partial charge in [0.15, 0.2) is 0 Å². The second-order valence-corrected chi connectivity index (χ2v) is 40.2. The molecule has 752 valence electrons. The number of carboxylic acid groups (broad SMARTS) is 1. The predicted octanol–water partition coefficient (Wildman–Crippen LogP) is 16.8. The quantitative estimate of drug-likeness (QED) is 0.0187. The maximum Gasteiger partial charge on any atom is 0.337 e. The molecule has 7 aliphatic heterocycles. The third kappa shape index (κ3) is 38.6. The summed E-state index contributed by atoms with van der Waals surface area (Å²) >= 11 is 26.7. The minimum atomic E-state index is -3.31. The van der Waals surface area contributed by atoms with Gasteiger partial charge in [0.1, 0.15) is 18.6 Å². The molecule has 27 nitrogen and oxygen atoms in total. The maximum absolute atomic E-state index is 12.8. The van der Waals surface area contributed by atoms with Crippen LogP contribution in [0.5, 0.6) is 17.2 Å². The smallest absolute Gasteiger partial charge is 0.337 e. The number of aliphatic carboxylic acids is 1. The van der Waals surface area contributed by atoms with Crippen LogP contribution < -0.4 is 11.1 Å². The molecule has 7 saturated heterocycles. The number of aryl methyl sites for hydroxylation is 1. The molecule has 9 N–H and O–H groups in total. The summed E-state index contributed by atoms with van der Waals surface area (Å²) in [7, 11) is 4.26. The Morgan fingerprint density at radius 1 is 0.500 bits per heavy atom. The van der Waals surface area contributed by atoms with E-state index in [1.165, 1.54) is 282 Å². The first-order valence-electron chi connectivity index (χ1n) is 49.1. The third-order valence-corrected chi connectivity index (χ3v) is 29.7. The van der Waals surface area contributed by atoms with E-state index in [9.17, 15) is 52.5 Å². The van der Waals surface area contributed by atoms with Crippen LogP contribution in [0.2, 0.25) is 20.1 Å². The van der Waals surface area contributed by atoms with Gasteiger partial charge in [0.25, 0.3) is 21.9 Å². The number of nitrogens with zero attached hydrogens (tertiary/aromatic N) is 8. The predicted molar refractivity (Wildman–Crippen MR) is 536 cm³/mol. The highest BCUT2D eigenvalue weighted by Crippen LogP contribution is 2.38. The summed E-state index contributed by atoms with van der Waals surface area (Å²) in [5.41, 5.74) is 8.50. The lowest BCUT2D eigenvalue weighted by Crippen LogP contribution is -2.53. The average Bonchev–Trinajstić information content (AvgIpc) is 1.80. The van der Waals surface area contributed by atoms with Crippen molar-refractivity contribution in [2.24, 2.45) is 5.73 Å². The van der Waals surface area contributed by atoms with Crippen LogP contribution >= 0.6 is 46.4 Å². The summed E-state index contributed by atoms with van der Waals surface area (Å²) in [4.78, 5) is 91.4. The van der Waals surface area contributed by atoms with Gasteiger partial charge in [-0.2, -0.15) is 8.42 Å². The minimum Gasteiger partial charge on any atom is -0.506 e. The van der Waals surface area contributed by atoms with Crippen LogP contribution in [0.3, 0.4) is 0 Å². The van der Waals surface area contributed by atoms with Crippen LogP contribution in [0.1, 0.15) is 268 Å². The number of terminal acetylenes is 1. The van der Waals surface area contributed by atoms with Crippen molar-refractivity contribution in [3.05, 3.63) is 121 Å². The molecular weight excluding hydrogens is 1830 g/mol. The molecule has 33 heteroatoms. The van der Waals surface area contributed by atoms with Crippen molar-refractivity contribution >= 4 is 105 Å². The SMILES string of the molecule is C.C1CCC2OC2C1.CN.CN(C(=O)Cc1ccc(O)c(Cl)c1)C1CCCC[C@H]1N1CCCC1.CN[C@@H]1CCCC[C@H]1N1CCCC1.CS(=O)(=O)O[C@@H]1CCCC[C@H]1N1CCCC1.Cc1ccc(CC(=O)N(C)C2CCCC[C@H]2N2CCCC2)cc1Cl.N=S.O=C(Cc1ccc(O)c(Cl)c1)ON1C(=O)CCC1=O.O=C(O)Cc1ccc(O)c(Cl)c1.O[C@@H]1CCCC[C@H]1N1CCCC1.[2H]C#C. The van der Waals surface area contributed by atoms with Gasteiger partial charge in [-0.25, -0.2) is 9.57 Å². The Labute approximate surface area is 826 Å². The number of hydroxylamine groups is 2. The number of benzene rings is 4. The Morgan fingerprint density at radius 3 is 1.20 bits per heavy atom. The first-order valence-corrected chi connectivity index (χ1v) is 52.4. The number of fused-ring (bicyclic) bond motifs is 1. The fourth-order valence-electron chi connectivity index (χ4n) is 20.7. The standard InChI is InChI=1S/C20H29ClN2O.C19H27ClN2O2.C12H10ClNO5.C11H22N2.C11H21NO3S.C10H19NO.C8H7ClO3.C6H10O.C2H2.CH5N.CH4.HNS/c1-15-9-10-16(13-17(15)21)14-20(24)22(2)18-7-3-4-8-19(18)23-11-5-6-12-23;1-21(19(24)13-14-8-9-18(23)15(20)12-14)16-6-2-3-7-17(16)22-10-4-5-11-22;13-8-5-7(1-2-9(8)15)6-12(18)19-14-10(16)3-4-11(14)17;1-12-10-6-2-3-7-11(10)13-8-4-5-9-13;1-16(13,14)15-11-7-3-2-6-10(11)12-8-4-5-9-12;12-10-6-2-1-5-9(10)11-7-3-4-8-11;9-6-3-5(4-8(11)12)1-2-7(6)10;1-2-4-6-5(3-1)7-6;2*1-2;;1-2/h9-10,13,18-19H,3-8,11-12,14H2,1-2H3;8-9,12,16-17,23H,2-7,10-11,13H2,1H3;1-2,5,15H,3-4,6H2;10-12H,2-9H2,1H3;10-11H,2-9H2,1H3;9-10,12H,1-8H2;1-3,10H,4H2,(H,11,12);5-6H,1-4H2;1-2H;2H2,1H3;1H4;1H/t18?,19-;16?,17-;;2*10-,11-;9-,10-;;;;;;/m11.111....../s1/i;;;;;;;;1D;;;. The normalized spacial score (nSPS) is 25.5. The topological polar surface area (TPSA) is 357 Å². The van der Waals surface area contributed by atoms with Crippen molar-refractivity contribution in [1.82, 2.24) is 44.7 Å². The number of epoxide rings is 1. The van der Waals surface area contributed by atoms with Crippen LogP contribution in [-0.2, 0) is 90.8 Å². The molecule has 13 fully saturated rings. The summed E-state index contributed by atoms with van der Waals surface area (Å²) in [5.74, 6) is -2.44. The fourth-order valence-corrected chi connectivity index (χ4v) is 22.2. The summed E-state index contributed by atoms with van der Waals surface area (Å²) in [6, 6.07) is 23.7. The number of likely N-dealkylation sites (N-methyl/N-ethyl adjacent to an activating group) is 3. The first-order chi connectivity index (χ1) is 64.4. The van der Waals surface area contributed by atoms with E-state index >= 15 is 0 Å². The summed E-state index contributed by atoms with van der Waals surface area (Å²) in [6.45, 7) is 14.1. The number of hydrogen-bond donors (Lipinski definition) is 8. The molecule has 0 aromatic heterocycles. The summed E-state index contributed by atoms with van der Waals surface area (Å²) in [6.07, 6.45) is 51.9. The minimum absolute atomic E-state index is 0. The summed E-state index contributed by atoms with van der Waals surface area (Å²) in [5, 5.41) is 51.3.